The second-order valence-corrected chi connectivity index (χ2v) is 8.27. The molecular weight excluding hydrogens is 258 g/mol. The van der Waals surface area contributed by atoms with Crippen LogP contribution in [0.5, 0.6) is 0 Å². The molecule has 5 fully saturated rings. The highest BCUT2D eigenvalue weighted by atomic mass is 16.1. The molecular formula is C19H29NO. The van der Waals surface area contributed by atoms with Gasteiger partial charge in [0.05, 0.1) is 0 Å². The molecule has 0 saturated heterocycles. The van der Waals surface area contributed by atoms with Crippen molar-refractivity contribution in [1.29, 1.82) is 0 Å². The summed E-state index contributed by atoms with van der Waals surface area (Å²) < 4.78 is 0. The molecule has 0 unspecified atom stereocenters. The Bertz CT molecular complexity index is 401. The normalized spacial score (nSPS) is 45.5. The van der Waals surface area contributed by atoms with Crippen molar-refractivity contribution in [3.05, 3.63) is 12.7 Å². The summed E-state index contributed by atoms with van der Waals surface area (Å²) in [5, 5.41) is 3.54. The maximum absolute atomic E-state index is 12.2. The fourth-order valence-electron chi connectivity index (χ4n) is 6.78. The number of carbonyl (C=O) groups excluding carboxylic acids is 1. The molecule has 2 heteroatoms. The van der Waals surface area contributed by atoms with Gasteiger partial charge in [-0.2, -0.15) is 0 Å². The first-order chi connectivity index (χ1) is 10.2. The molecule has 5 saturated carbocycles. The van der Waals surface area contributed by atoms with Crippen LogP contribution in [0.3, 0.4) is 0 Å². The molecule has 4 bridgehead atoms. The summed E-state index contributed by atoms with van der Waals surface area (Å²) in [5.41, 5.74) is 0.124. The second kappa shape index (κ2) is 5.14. The van der Waals surface area contributed by atoms with Crippen LogP contribution < -0.4 is 5.32 Å². The predicted molar refractivity (Wildman–Crippen MR) is 84.7 cm³/mol. The molecule has 0 spiro atoms. The number of carbonyl (C=O) groups is 1. The van der Waals surface area contributed by atoms with Gasteiger partial charge in [0.1, 0.15) is 0 Å². The first-order valence-corrected chi connectivity index (χ1v) is 9.17. The molecule has 116 valence electrons. The van der Waals surface area contributed by atoms with Crippen LogP contribution in [0.4, 0.5) is 0 Å². The maximum Gasteiger partial charge on any atom is 0.243 e. The van der Waals surface area contributed by atoms with E-state index in [1.165, 1.54) is 70.3 Å². The Morgan fingerprint density at radius 2 is 1.48 bits per heavy atom. The summed E-state index contributed by atoms with van der Waals surface area (Å²) in [7, 11) is 0. The summed E-state index contributed by atoms with van der Waals surface area (Å²) in [6.45, 7) is 3.71. The molecule has 0 aromatic carbocycles. The van der Waals surface area contributed by atoms with Crippen LogP contribution in [0.15, 0.2) is 12.7 Å². The number of hydrogen-bond acceptors (Lipinski definition) is 1. The van der Waals surface area contributed by atoms with Gasteiger partial charge in [0.2, 0.25) is 5.91 Å². The van der Waals surface area contributed by atoms with Gasteiger partial charge in [0.15, 0.2) is 0 Å². The van der Waals surface area contributed by atoms with Crippen LogP contribution in [0.25, 0.3) is 0 Å². The van der Waals surface area contributed by atoms with Gasteiger partial charge in [0, 0.05) is 5.54 Å². The van der Waals surface area contributed by atoms with Gasteiger partial charge in [-0.1, -0.05) is 25.8 Å². The number of amides is 1. The third-order valence-corrected chi connectivity index (χ3v) is 7.29. The summed E-state index contributed by atoms with van der Waals surface area (Å²) in [6.07, 6.45) is 15.3. The van der Waals surface area contributed by atoms with E-state index in [0.29, 0.717) is 0 Å². The summed E-state index contributed by atoms with van der Waals surface area (Å²) >= 11 is 0. The smallest absolute Gasteiger partial charge is 0.243 e. The van der Waals surface area contributed by atoms with Crippen molar-refractivity contribution in [2.24, 2.45) is 29.6 Å². The van der Waals surface area contributed by atoms with Crippen molar-refractivity contribution < 1.29 is 4.79 Å². The predicted octanol–water partition coefficient (Wildman–Crippen LogP) is 4.06. The van der Waals surface area contributed by atoms with Crippen LogP contribution in [-0.4, -0.2) is 11.4 Å². The van der Waals surface area contributed by atoms with Crippen LogP contribution in [0.1, 0.15) is 64.2 Å². The van der Waals surface area contributed by atoms with Crippen molar-refractivity contribution in [3.63, 3.8) is 0 Å². The Labute approximate surface area is 128 Å². The summed E-state index contributed by atoms with van der Waals surface area (Å²) in [6, 6.07) is 0. The average Bonchev–Trinajstić information content (AvgIpc) is 2.51. The molecule has 0 heterocycles. The van der Waals surface area contributed by atoms with Crippen LogP contribution in [0, 0.1) is 29.6 Å². The number of hydrogen-bond donors (Lipinski definition) is 1. The van der Waals surface area contributed by atoms with Crippen LogP contribution in [0.2, 0.25) is 0 Å². The Morgan fingerprint density at radius 3 is 2.00 bits per heavy atom. The zero-order valence-corrected chi connectivity index (χ0v) is 13.2. The molecule has 0 aromatic heterocycles. The van der Waals surface area contributed by atoms with Gasteiger partial charge in [-0.3, -0.25) is 4.79 Å². The third-order valence-electron chi connectivity index (χ3n) is 7.29. The SMILES string of the molecule is C=CC(=O)NC1(C2CCCCC2)C2CC3CC(C2)CC1C3. The fourth-order valence-corrected chi connectivity index (χ4v) is 6.78. The standard InChI is InChI=1S/C19H29NO/c1-2-18(21)20-19(15-6-4-3-5-7-15)16-9-13-8-14(11-16)12-17(19)10-13/h2,13-17H,1,3-12H2,(H,20,21). The average molecular weight is 287 g/mol. The monoisotopic (exact) mass is 287 g/mol. The van der Waals surface area contributed by atoms with Crippen LogP contribution in [-0.2, 0) is 4.79 Å². The molecule has 0 aromatic rings. The molecule has 2 nitrogen and oxygen atoms in total. The number of nitrogens with one attached hydrogen (secondary N) is 1. The Balaban J connectivity index is 1.69. The lowest BCUT2D eigenvalue weighted by Gasteiger charge is -2.64. The van der Waals surface area contributed by atoms with Gasteiger partial charge in [0.25, 0.3) is 0 Å². The topological polar surface area (TPSA) is 29.1 Å². The van der Waals surface area contributed by atoms with E-state index in [-0.39, 0.29) is 11.4 Å². The van der Waals surface area contributed by atoms with E-state index in [4.69, 9.17) is 0 Å². The number of rotatable bonds is 3. The minimum Gasteiger partial charge on any atom is -0.346 e. The largest absolute Gasteiger partial charge is 0.346 e. The Hall–Kier alpha value is -0.790. The second-order valence-electron chi connectivity index (χ2n) is 8.27. The third kappa shape index (κ3) is 2.09. The Morgan fingerprint density at radius 1 is 0.905 bits per heavy atom. The van der Waals surface area contributed by atoms with Gasteiger partial charge in [-0.25, -0.2) is 0 Å². The quantitative estimate of drug-likeness (QED) is 0.779. The van der Waals surface area contributed by atoms with Crippen molar-refractivity contribution in [1.82, 2.24) is 5.32 Å². The fraction of sp³-hybridized carbons (Fsp3) is 0.842. The van der Waals surface area contributed by atoms with E-state index in [1.54, 1.807) is 0 Å². The lowest BCUT2D eigenvalue weighted by Crippen LogP contribution is -2.69. The molecule has 0 radical (unpaired) electrons. The zero-order valence-electron chi connectivity index (χ0n) is 13.2. The van der Waals surface area contributed by atoms with Gasteiger partial charge in [-0.05, 0) is 80.6 Å². The lowest BCUT2D eigenvalue weighted by atomic mass is 9.45. The first-order valence-electron chi connectivity index (χ1n) is 9.17. The molecule has 1 amide bonds. The van der Waals surface area contributed by atoms with Gasteiger partial charge < -0.3 is 5.32 Å². The van der Waals surface area contributed by atoms with E-state index < -0.39 is 0 Å². The minimum absolute atomic E-state index is 0.0769. The molecule has 0 atom stereocenters. The highest BCUT2D eigenvalue weighted by molar-refractivity contribution is 5.87. The van der Waals surface area contributed by atoms with Gasteiger partial charge in [-0.15, -0.1) is 0 Å². The van der Waals surface area contributed by atoms with E-state index in [2.05, 4.69) is 11.9 Å². The molecule has 5 aliphatic carbocycles. The van der Waals surface area contributed by atoms with E-state index in [1.807, 2.05) is 0 Å². The summed E-state index contributed by atoms with van der Waals surface area (Å²) in [4.78, 5) is 12.2. The van der Waals surface area contributed by atoms with E-state index in [0.717, 1.165) is 29.6 Å². The Kier molecular flexibility index (Phi) is 3.39. The molecule has 0 aliphatic heterocycles. The lowest BCUT2D eigenvalue weighted by molar-refractivity contribution is -0.136. The zero-order chi connectivity index (χ0) is 14.4. The van der Waals surface area contributed by atoms with Crippen molar-refractivity contribution in [2.75, 3.05) is 0 Å². The molecule has 21 heavy (non-hydrogen) atoms. The van der Waals surface area contributed by atoms with Crippen LogP contribution >= 0.6 is 0 Å². The highest BCUT2D eigenvalue weighted by Crippen LogP contribution is 2.61. The minimum atomic E-state index is 0.0769. The molecule has 5 aliphatic rings. The van der Waals surface area contributed by atoms with Crippen molar-refractivity contribution in [2.45, 2.75) is 69.7 Å². The van der Waals surface area contributed by atoms with Crippen molar-refractivity contribution >= 4 is 5.91 Å². The maximum atomic E-state index is 12.2. The van der Waals surface area contributed by atoms with E-state index >= 15 is 0 Å². The van der Waals surface area contributed by atoms with E-state index in [9.17, 15) is 4.79 Å². The summed E-state index contributed by atoms with van der Waals surface area (Å²) in [5.74, 6) is 4.23. The molecule has 5 rings (SSSR count). The first kappa shape index (κ1) is 13.8. The highest BCUT2D eigenvalue weighted by Gasteiger charge is 2.60. The van der Waals surface area contributed by atoms with Gasteiger partial charge >= 0.3 is 0 Å². The van der Waals surface area contributed by atoms with Crippen molar-refractivity contribution in [3.8, 4) is 0 Å². The molecule has 1 N–H and O–H groups in total.